The Labute approximate surface area is 199 Å². The zero-order chi connectivity index (χ0) is 24.0. The minimum Gasteiger partial charge on any atom is -0.496 e. The summed E-state index contributed by atoms with van der Waals surface area (Å²) in [4.78, 5) is 25.7. The number of carbonyl (C=O) groups excluding carboxylic acids is 2. The zero-order valence-corrected chi connectivity index (χ0v) is 20.1. The number of amides is 2. The van der Waals surface area contributed by atoms with Crippen LogP contribution < -0.4 is 29.6 Å². The first kappa shape index (κ1) is 23.9. The molecule has 0 saturated heterocycles. The predicted octanol–water partition coefficient (Wildman–Crippen LogP) is 4.99. The Morgan fingerprint density at radius 2 is 1.12 bits per heavy atom. The van der Waals surface area contributed by atoms with Crippen LogP contribution >= 0.6 is 15.9 Å². The molecule has 0 aliphatic rings. The fourth-order valence-electron chi connectivity index (χ4n) is 3.15. The topological polar surface area (TPSA) is 95.1 Å². The van der Waals surface area contributed by atoms with E-state index in [0.717, 1.165) is 4.47 Å². The lowest BCUT2D eigenvalue weighted by atomic mass is 10.1. The molecule has 0 aliphatic heterocycles. The van der Waals surface area contributed by atoms with Crippen molar-refractivity contribution in [3.8, 4) is 23.0 Å². The van der Waals surface area contributed by atoms with Crippen LogP contribution in [0.5, 0.6) is 23.0 Å². The van der Waals surface area contributed by atoms with Crippen molar-refractivity contribution in [1.82, 2.24) is 0 Å². The van der Waals surface area contributed by atoms with Gasteiger partial charge in [0.1, 0.15) is 28.6 Å². The average Bonchev–Trinajstić information content (AvgIpc) is 2.84. The van der Waals surface area contributed by atoms with Gasteiger partial charge in [-0.05, 0) is 36.4 Å². The quantitative estimate of drug-likeness (QED) is 0.439. The second kappa shape index (κ2) is 10.7. The fourth-order valence-corrected chi connectivity index (χ4v) is 3.41. The van der Waals surface area contributed by atoms with E-state index in [1.165, 1.54) is 28.4 Å². The maximum absolute atomic E-state index is 13.1. The number of halogens is 1. The molecule has 0 aromatic heterocycles. The van der Waals surface area contributed by atoms with Crippen molar-refractivity contribution in [2.75, 3.05) is 39.1 Å². The number of nitrogens with one attached hydrogen (secondary N) is 2. The maximum Gasteiger partial charge on any atom is 0.263 e. The summed E-state index contributed by atoms with van der Waals surface area (Å²) in [6.45, 7) is 0. The Morgan fingerprint density at radius 1 is 0.667 bits per heavy atom. The summed E-state index contributed by atoms with van der Waals surface area (Å²) in [5.41, 5.74) is 1.43. The highest BCUT2D eigenvalue weighted by Crippen LogP contribution is 2.38. The molecule has 8 nitrogen and oxygen atoms in total. The number of rotatable bonds is 8. The van der Waals surface area contributed by atoms with Crippen molar-refractivity contribution in [1.29, 1.82) is 0 Å². The van der Waals surface area contributed by atoms with Gasteiger partial charge in [0.05, 0.1) is 39.8 Å². The number of methoxy groups -OCH3 is 4. The molecule has 3 aromatic rings. The van der Waals surface area contributed by atoms with Crippen molar-refractivity contribution >= 4 is 39.1 Å². The van der Waals surface area contributed by atoms with Crippen LogP contribution in [0.3, 0.4) is 0 Å². The molecular weight excluding hydrogens is 492 g/mol. The van der Waals surface area contributed by atoms with E-state index < -0.39 is 5.91 Å². The minimum atomic E-state index is -0.462. The molecule has 172 valence electrons. The van der Waals surface area contributed by atoms with Crippen LogP contribution in [-0.4, -0.2) is 40.3 Å². The molecule has 0 spiro atoms. The fraction of sp³-hybridized carbons (Fsp3) is 0.167. The molecule has 0 fully saturated rings. The van der Waals surface area contributed by atoms with E-state index >= 15 is 0 Å². The van der Waals surface area contributed by atoms with Gasteiger partial charge in [0, 0.05) is 22.2 Å². The number of benzene rings is 3. The van der Waals surface area contributed by atoms with Crippen LogP contribution in [0.2, 0.25) is 0 Å². The van der Waals surface area contributed by atoms with E-state index in [1.54, 1.807) is 54.6 Å². The van der Waals surface area contributed by atoms with Crippen molar-refractivity contribution in [2.24, 2.45) is 0 Å². The van der Waals surface area contributed by atoms with Crippen molar-refractivity contribution < 1.29 is 28.5 Å². The van der Waals surface area contributed by atoms with Gasteiger partial charge in [-0.1, -0.05) is 22.0 Å². The smallest absolute Gasteiger partial charge is 0.263 e. The normalized spacial score (nSPS) is 10.2. The Morgan fingerprint density at radius 3 is 1.58 bits per heavy atom. The summed E-state index contributed by atoms with van der Waals surface area (Å²) < 4.78 is 22.4. The standard InChI is InChI=1S/C24H23BrN2O6/c1-30-18-6-5-7-19(31-2)22(18)24(29)27-17-13-20(32-3)16(12-21(17)33-4)26-23(28)14-8-10-15(25)11-9-14/h5-13H,1-4H3,(H,26,28)(H,27,29). The van der Waals surface area contributed by atoms with Gasteiger partial charge < -0.3 is 29.6 Å². The van der Waals surface area contributed by atoms with Crippen molar-refractivity contribution in [2.45, 2.75) is 0 Å². The molecule has 0 heterocycles. The Bertz CT molecular complexity index is 1140. The van der Waals surface area contributed by atoms with E-state index in [1.807, 2.05) is 0 Å². The second-order valence-corrected chi connectivity index (χ2v) is 7.62. The largest absolute Gasteiger partial charge is 0.496 e. The highest BCUT2D eigenvalue weighted by molar-refractivity contribution is 9.10. The van der Waals surface area contributed by atoms with Crippen molar-refractivity contribution in [3.63, 3.8) is 0 Å². The molecule has 0 aliphatic carbocycles. The lowest BCUT2D eigenvalue weighted by Crippen LogP contribution is -2.16. The third-order valence-corrected chi connectivity index (χ3v) is 5.31. The van der Waals surface area contributed by atoms with Crippen LogP contribution in [0, 0.1) is 0 Å². The molecule has 3 aromatic carbocycles. The SMILES string of the molecule is COc1cc(NC(=O)c2c(OC)cccc2OC)c(OC)cc1NC(=O)c1ccc(Br)cc1. The summed E-state index contributed by atoms with van der Waals surface area (Å²) in [5, 5.41) is 5.61. The van der Waals surface area contributed by atoms with Gasteiger partial charge in [-0.25, -0.2) is 0 Å². The summed E-state index contributed by atoms with van der Waals surface area (Å²) in [6, 6.07) is 15.1. The molecule has 2 amide bonds. The van der Waals surface area contributed by atoms with Crippen molar-refractivity contribution in [3.05, 3.63) is 70.2 Å². The Kier molecular flexibility index (Phi) is 7.78. The van der Waals surface area contributed by atoms with Crippen LogP contribution in [0.15, 0.2) is 59.1 Å². The summed E-state index contributed by atoms with van der Waals surface area (Å²) in [5.74, 6) is 0.592. The third-order valence-electron chi connectivity index (χ3n) is 4.78. The van der Waals surface area contributed by atoms with E-state index in [2.05, 4.69) is 26.6 Å². The van der Waals surface area contributed by atoms with Gasteiger partial charge in [-0.3, -0.25) is 9.59 Å². The summed E-state index contributed by atoms with van der Waals surface area (Å²) in [7, 11) is 5.86. The molecule has 33 heavy (non-hydrogen) atoms. The number of hydrogen-bond donors (Lipinski definition) is 2. The van der Waals surface area contributed by atoms with E-state index in [9.17, 15) is 9.59 Å². The molecule has 9 heteroatoms. The van der Waals surface area contributed by atoms with Crippen LogP contribution in [0.25, 0.3) is 0 Å². The molecule has 0 unspecified atom stereocenters. The lowest BCUT2D eigenvalue weighted by molar-refractivity contribution is 0.101. The highest BCUT2D eigenvalue weighted by atomic mass is 79.9. The number of carbonyl (C=O) groups is 2. The monoisotopic (exact) mass is 514 g/mol. The first-order valence-electron chi connectivity index (χ1n) is 9.77. The molecule has 2 N–H and O–H groups in total. The Hall–Kier alpha value is -3.72. The third kappa shape index (κ3) is 5.38. The van der Waals surface area contributed by atoms with E-state index in [-0.39, 0.29) is 11.5 Å². The van der Waals surface area contributed by atoms with E-state index in [4.69, 9.17) is 18.9 Å². The molecule has 3 rings (SSSR count). The molecular formula is C24H23BrN2O6. The van der Waals surface area contributed by atoms with Crippen LogP contribution in [-0.2, 0) is 0 Å². The van der Waals surface area contributed by atoms with Crippen LogP contribution in [0.1, 0.15) is 20.7 Å². The second-order valence-electron chi connectivity index (χ2n) is 6.71. The van der Waals surface area contributed by atoms with E-state index in [0.29, 0.717) is 39.9 Å². The first-order valence-corrected chi connectivity index (χ1v) is 10.6. The van der Waals surface area contributed by atoms with Gasteiger partial charge in [0.2, 0.25) is 0 Å². The number of ether oxygens (including phenoxy) is 4. The zero-order valence-electron chi connectivity index (χ0n) is 18.5. The predicted molar refractivity (Wildman–Crippen MR) is 129 cm³/mol. The molecule has 0 radical (unpaired) electrons. The Balaban J connectivity index is 1.92. The molecule has 0 atom stereocenters. The van der Waals surface area contributed by atoms with Gasteiger partial charge >= 0.3 is 0 Å². The van der Waals surface area contributed by atoms with Gasteiger partial charge in [0.25, 0.3) is 11.8 Å². The number of anilines is 2. The first-order chi connectivity index (χ1) is 15.9. The van der Waals surface area contributed by atoms with Gasteiger partial charge in [-0.2, -0.15) is 0 Å². The van der Waals surface area contributed by atoms with Gasteiger partial charge in [-0.15, -0.1) is 0 Å². The lowest BCUT2D eigenvalue weighted by Gasteiger charge is -2.17. The van der Waals surface area contributed by atoms with Crippen LogP contribution in [0.4, 0.5) is 11.4 Å². The summed E-state index contributed by atoms with van der Waals surface area (Å²) >= 11 is 3.35. The highest BCUT2D eigenvalue weighted by Gasteiger charge is 2.21. The minimum absolute atomic E-state index is 0.233. The maximum atomic E-state index is 13.1. The average molecular weight is 515 g/mol. The molecule has 0 bridgehead atoms. The number of hydrogen-bond acceptors (Lipinski definition) is 6. The molecule has 0 saturated carbocycles. The summed E-state index contributed by atoms with van der Waals surface area (Å²) in [6.07, 6.45) is 0. The van der Waals surface area contributed by atoms with Gasteiger partial charge in [0.15, 0.2) is 0 Å².